The third kappa shape index (κ3) is 4.21. The second kappa shape index (κ2) is 8.10. The minimum absolute atomic E-state index is 0.137. The van der Waals surface area contributed by atoms with Crippen LogP contribution in [-0.4, -0.2) is 33.4 Å². The number of carbonyl (C=O) groups is 1. The van der Waals surface area contributed by atoms with E-state index in [2.05, 4.69) is 25.5 Å². The number of benzene rings is 1. The van der Waals surface area contributed by atoms with Crippen molar-refractivity contribution >= 4 is 34.6 Å². The minimum Gasteiger partial charge on any atom is -0.356 e. The summed E-state index contributed by atoms with van der Waals surface area (Å²) in [5.74, 6) is 1.41. The zero-order chi connectivity index (χ0) is 21.2. The van der Waals surface area contributed by atoms with Crippen molar-refractivity contribution < 1.29 is 4.79 Å². The Hall–Kier alpha value is -3.87. The molecule has 3 aromatic heterocycles. The molecule has 31 heavy (non-hydrogen) atoms. The van der Waals surface area contributed by atoms with Crippen LogP contribution in [-0.2, 0) is 0 Å². The van der Waals surface area contributed by atoms with Gasteiger partial charge in [-0.05, 0) is 62.2 Å². The highest BCUT2D eigenvalue weighted by atomic mass is 16.1. The fourth-order valence-corrected chi connectivity index (χ4v) is 3.86. The number of aryl methyl sites for hydroxylation is 1. The number of nitrogens with one attached hydrogen (secondary N) is 2. The molecule has 7 nitrogen and oxygen atoms in total. The van der Waals surface area contributed by atoms with Gasteiger partial charge in [0.15, 0.2) is 0 Å². The van der Waals surface area contributed by atoms with Gasteiger partial charge in [0, 0.05) is 54.1 Å². The Morgan fingerprint density at radius 2 is 1.74 bits per heavy atom. The Balaban J connectivity index is 1.27. The molecule has 0 atom stereocenters. The number of rotatable bonds is 5. The van der Waals surface area contributed by atoms with Crippen molar-refractivity contribution in [3.05, 3.63) is 78.2 Å². The molecular weight excluding hydrogens is 388 g/mol. The second-order valence-electron chi connectivity index (χ2n) is 7.80. The quantitative estimate of drug-likeness (QED) is 0.500. The van der Waals surface area contributed by atoms with Gasteiger partial charge in [0.25, 0.3) is 5.91 Å². The number of amides is 1. The number of aromatic nitrogens is 3. The maximum absolute atomic E-state index is 12.6. The number of nitrogens with zero attached hydrogens (tertiary/aromatic N) is 4. The van der Waals surface area contributed by atoms with Gasteiger partial charge in [0.05, 0.1) is 5.56 Å². The maximum atomic E-state index is 12.6. The van der Waals surface area contributed by atoms with Crippen LogP contribution in [0.2, 0.25) is 0 Å². The fourth-order valence-electron chi connectivity index (χ4n) is 3.86. The van der Waals surface area contributed by atoms with Crippen LogP contribution in [0, 0.1) is 6.92 Å². The fraction of sp³-hybridized carbons (Fsp3) is 0.208. The molecule has 1 aliphatic rings. The molecule has 1 aromatic carbocycles. The molecule has 1 aliphatic heterocycles. The molecule has 0 aliphatic carbocycles. The first kappa shape index (κ1) is 19.1. The molecule has 1 fully saturated rings. The highest BCUT2D eigenvalue weighted by molar-refractivity contribution is 6.05. The van der Waals surface area contributed by atoms with E-state index in [1.54, 1.807) is 0 Å². The van der Waals surface area contributed by atoms with Crippen molar-refractivity contribution in [3.8, 4) is 0 Å². The molecule has 0 radical (unpaired) electrons. The molecule has 5 rings (SSSR count). The van der Waals surface area contributed by atoms with E-state index in [-0.39, 0.29) is 5.91 Å². The standard InChI is InChI=1S/C24H24N6O/c1-17-14-22(29-11-4-5-12-29)28-24(25-17)27-20-9-7-19(8-10-20)26-23(31)18-15-21-6-2-3-13-30(21)16-18/h2-3,6-10,13-16H,4-5,11-12H2,1H3,(H,26,31)(H,25,27,28). The summed E-state index contributed by atoms with van der Waals surface area (Å²) in [6.45, 7) is 4.07. The Morgan fingerprint density at radius 1 is 0.968 bits per heavy atom. The predicted octanol–water partition coefficient (Wildman–Crippen LogP) is 4.63. The van der Waals surface area contributed by atoms with Gasteiger partial charge in [-0.15, -0.1) is 0 Å². The molecule has 0 spiro atoms. The molecule has 7 heteroatoms. The SMILES string of the molecule is Cc1cc(N2CCCC2)nc(Nc2ccc(NC(=O)c3cc4ccccn4c3)cc2)n1. The molecule has 2 N–H and O–H groups in total. The topological polar surface area (TPSA) is 74.6 Å². The smallest absolute Gasteiger partial charge is 0.257 e. The van der Waals surface area contributed by atoms with Crippen LogP contribution in [0.15, 0.2) is 67.0 Å². The van der Waals surface area contributed by atoms with Crippen LogP contribution in [0.4, 0.5) is 23.1 Å². The Morgan fingerprint density at radius 3 is 2.52 bits per heavy atom. The van der Waals surface area contributed by atoms with Gasteiger partial charge in [-0.1, -0.05) is 6.07 Å². The number of fused-ring (bicyclic) bond motifs is 1. The Bertz CT molecular complexity index is 1190. The lowest BCUT2D eigenvalue weighted by molar-refractivity contribution is 0.102. The average Bonchev–Trinajstić information content (AvgIpc) is 3.45. The van der Waals surface area contributed by atoms with E-state index in [4.69, 9.17) is 0 Å². The predicted molar refractivity (Wildman–Crippen MR) is 123 cm³/mol. The van der Waals surface area contributed by atoms with Crippen LogP contribution in [0.1, 0.15) is 28.9 Å². The molecule has 4 aromatic rings. The van der Waals surface area contributed by atoms with E-state index in [9.17, 15) is 4.79 Å². The molecule has 0 unspecified atom stereocenters. The molecule has 0 saturated carbocycles. The van der Waals surface area contributed by atoms with Gasteiger partial charge >= 0.3 is 0 Å². The highest BCUT2D eigenvalue weighted by Gasteiger charge is 2.15. The Kier molecular flexibility index (Phi) is 5.00. The van der Waals surface area contributed by atoms with Crippen molar-refractivity contribution in [1.82, 2.24) is 14.4 Å². The van der Waals surface area contributed by atoms with Crippen LogP contribution >= 0.6 is 0 Å². The van der Waals surface area contributed by atoms with Gasteiger partial charge in [-0.25, -0.2) is 4.98 Å². The van der Waals surface area contributed by atoms with Gasteiger partial charge in [0.2, 0.25) is 5.95 Å². The number of hydrogen-bond donors (Lipinski definition) is 2. The van der Waals surface area contributed by atoms with Gasteiger partial charge in [0.1, 0.15) is 5.82 Å². The summed E-state index contributed by atoms with van der Waals surface area (Å²) in [4.78, 5) is 24.1. The van der Waals surface area contributed by atoms with E-state index in [0.29, 0.717) is 11.5 Å². The van der Waals surface area contributed by atoms with Crippen LogP contribution < -0.4 is 15.5 Å². The summed E-state index contributed by atoms with van der Waals surface area (Å²) in [6.07, 6.45) is 6.17. The summed E-state index contributed by atoms with van der Waals surface area (Å²) < 4.78 is 1.93. The largest absolute Gasteiger partial charge is 0.356 e. The third-order valence-electron chi connectivity index (χ3n) is 5.44. The first-order valence-electron chi connectivity index (χ1n) is 10.5. The molecule has 1 saturated heterocycles. The molecule has 0 bridgehead atoms. The first-order valence-corrected chi connectivity index (χ1v) is 10.5. The number of hydrogen-bond acceptors (Lipinski definition) is 5. The van der Waals surface area contributed by atoms with Crippen molar-refractivity contribution in [2.45, 2.75) is 19.8 Å². The van der Waals surface area contributed by atoms with Crippen LogP contribution in [0.5, 0.6) is 0 Å². The van der Waals surface area contributed by atoms with Crippen molar-refractivity contribution in [2.75, 3.05) is 28.6 Å². The zero-order valence-corrected chi connectivity index (χ0v) is 17.4. The summed E-state index contributed by atoms with van der Waals surface area (Å²) in [7, 11) is 0. The van der Waals surface area contributed by atoms with Crippen LogP contribution in [0.3, 0.4) is 0 Å². The monoisotopic (exact) mass is 412 g/mol. The number of carbonyl (C=O) groups excluding carboxylic acids is 1. The van der Waals surface area contributed by atoms with Gasteiger partial charge in [-0.2, -0.15) is 4.98 Å². The molecule has 156 valence electrons. The lowest BCUT2D eigenvalue weighted by atomic mass is 10.2. The lowest BCUT2D eigenvalue weighted by Crippen LogP contribution is -2.19. The van der Waals surface area contributed by atoms with Gasteiger partial charge < -0.3 is 19.9 Å². The average molecular weight is 412 g/mol. The van der Waals surface area contributed by atoms with Crippen molar-refractivity contribution in [3.63, 3.8) is 0 Å². The minimum atomic E-state index is -0.137. The summed E-state index contributed by atoms with van der Waals surface area (Å²) >= 11 is 0. The molecule has 4 heterocycles. The normalized spacial score (nSPS) is 13.5. The summed E-state index contributed by atoms with van der Waals surface area (Å²) in [6, 6.07) is 17.3. The van der Waals surface area contributed by atoms with Crippen molar-refractivity contribution in [1.29, 1.82) is 0 Å². The Labute approximate surface area is 180 Å². The van der Waals surface area contributed by atoms with E-state index in [1.807, 2.05) is 78.3 Å². The second-order valence-corrected chi connectivity index (χ2v) is 7.80. The summed E-state index contributed by atoms with van der Waals surface area (Å²) in [5, 5.41) is 6.22. The van der Waals surface area contributed by atoms with Gasteiger partial charge in [-0.3, -0.25) is 4.79 Å². The zero-order valence-electron chi connectivity index (χ0n) is 17.4. The van der Waals surface area contributed by atoms with E-state index in [0.717, 1.165) is 41.5 Å². The molecule has 1 amide bonds. The van der Waals surface area contributed by atoms with E-state index >= 15 is 0 Å². The summed E-state index contributed by atoms with van der Waals surface area (Å²) in [5.41, 5.74) is 4.14. The van der Waals surface area contributed by atoms with E-state index < -0.39 is 0 Å². The number of pyridine rings is 1. The highest BCUT2D eigenvalue weighted by Crippen LogP contribution is 2.23. The first-order chi connectivity index (χ1) is 15.1. The van der Waals surface area contributed by atoms with E-state index in [1.165, 1.54) is 12.8 Å². The lowest BCUT2D eigenvalue weighted by Gasteiger charge is -2.17. The van der Waals surface area contributed by atoms with Crippen molar-refractivity contribution in [2.24, 2.45) is 0 Å². The van der Waals surface area contributed by atoms with Crippen LogP contribution in [0.25, 0.3) is 5.52 Å². The maximum Gasteiger partial charge on any atom is 0.257 e. The third-order valence-corrected chi connectivity index (χ3v) is 5.44. The number of anilines is 4. The molecular formula is C24H24N6O.